The number of halogens is 2. The number of nitrogens with one attached hydrogen (secondary N) is 1. The van der Waals surface area contributed by atoms with Crippen LogP contribution in [0.25, 0.3) is 0 Å². The third kappa shape index (κ3) is 4.48. The van der Waals surface area contributed by atoms with E-state index in [4.69, 9.17) is 4.74 Å². The minimum atomic E-state index is -0.942. The molecule has 1 atom stereocenters. The maximum absolute atomic E-state index is 13.1. The molecule has 0 saturated heterocycles. The number of phenols is 1. The summed E-state index contributed by atoms with van der Waals surface area (Å²) in [6.07, 6.45) is -0.942. The maximum atomic E-state index is 13.1. The number of hydrogen-bond acceptors (Lipinski definition) is 5. The molecule has 0 bridgehead atoms. The molecule has 6 nitrogen and oxygen atoms in total. The van der Waals surface area contributed by atoms with Crippen molar-refractivity contribution in [3.8, 4) is 11.5 Å². The first kappa shape index (κ1) is 18.7. The highest BCUT2D eigenvalue weighted by molar-refractivity contribution is 9.10. The van der Waals surface area contributed by atoms with Gasteiger partial charge in [0.25, 0.3) is 5.91 Å². The van der Waals surface area contributed by atoms with Gasteiger partial charge in [-0.2, -0.15) is 0 Å². The SMILES string of the molecule is COC(=O)c1cccc(NC(=O)C(C)Oc2ccc(F)cc2Br)c1O. The summed E-state index contributed by atoms with van der Waals surface area (Å²) in [5.41, 5.74) is -0.0309. The number of carbonyl (C=O) groups is 2. The molecule has 0 fully saturated rings. The van der Waals surface area contributed by atoms with Crippen LogP contribution in [0.4, 0.5) is 10.1 Å². The van der Waals surface area contributed by atoms with Crippen LogP contribution in [0, 0.1) is 5.82 Å². The van der Waals surface area contributed by atoms with E-state index in [1.165, 1.54) is 50.4 Å². The van der Waals surface area contributed by atoms with Gasteiger partial charge in [-0.15, -0.1) is 0 Å². The number of rotatable bonds is 5. The Balaban J connectivity index is 2.12. The van der Waals surface area contributed by atoms with Crippen LogP contribution in [0.15, 0.2) is 40.9 Å². The quantitative estimate of drug-likeness (QED) is 0.580. The maximum Gasteiger partial charge on any atom is 0.341 e. The van der Waals surface area contributed by atoms with Gasteiger partial charge in [-0.3, -0.25) is 4.79 Å². The summed E-state index contributed by atoms with van der Waals surface area (Å²) in [4.78, 5) is 23.8. The zero-order valence-corrected chi connectivity index (χ0v) is 15.0. The lowest BCUT2D eigenvalue weighted by atomic mass is 10.1. The average molecular weight is 412 g/mol. The number of anilines is 1. The molecule has 2 aromatic rings. The van der Waals surface area contributed by atoms with E-state index in [2.05, 4.69) is 26.0 Å². The van der Waals surface area contributed by atoms with Crippen molar-refractivity contribution in [3.05, 3.63) is 52.3 Å². The molecule has 0 aromatic heterocycles. The highest BCUT2D eigenvalue weighted by atomic mass is 79.9. The van der Waals surface area contributed by atoms with Crippen molar-refractivity contribution in [2.24, 2.45) is 0 Å². The van der Waals surface area contributed by atoms with Gasteiger partial charge in [0, 0.05) is 0 Å². The molecular weight excluding hydrogens is 397 g/mol. The van der Waals surface area contributed by atoms with Crippen molar-refractivity contribution in [3.63, 3.8) is 0 Å². The Morgan fingerprint density at radius 3 is 2.64 bits per heavy atom. The second kappa shape index (κ2) is 7.98. The van der Waals surface area contributed by atoms with Crippen LogP contribution < -0.4 is 10.1 Å². The van der Waals surface area contributed by atoms with Gasteiger partial charge < -0.3 is 19.9 Å². The smallest absolute Gasteiger partial charge is 0.341 e. The number of phenolic OH excluding ortho intramolecular Hbond substituents is 1. The first-order valence-electron chi connectivity index (χ1n) is 7.16. The van der Waals surface area contributed by atoms with Gasteiger partial charge in [0.15, 0.2) is 11.9 Å². The molecule has 2 N–H and O–H groups in total. The Kier molecular flexibility index (Phi) is 5.97. The molecule has 25 heavy (non-hydrogen) atoms. The van der Waals surface area contributed by atoms with E-state index in [0.717, 1.165) is 0 Å². The summed E-state index contributed by atoms with van der Waals surface area (Å²) in [7, 11) is 1.18. The van der Waals surface area contributed by atoms with Gasteiger partial charge in [-0.1, -0.05) is 6.07 Å². The molecule has 2 rings (SSSR count). The van der Waals surface area contributed by atoms with E-state index in [1.54, 1.807) is 0 Å². The summed E-state index contributed by atoms with van der Waals surface area (Å²) in [5.74, 6) is -1.85. The van der Waals surface area contributed by atoms with Crippen LogP contribution in [-0.4, -0.2) is 30.2 Å². The summed E-state index contributed by atoms with van der Waals surface area (Å²) < 4.78 is 23.5. The number of amides is 1. The van der Waals surface area contributed by atoms with Crippen molar-refractivity contribution in [1.29, 1.82) is 0 Å². The van der Waals surface area contributed by atoms with Gasteiger partial charge in [0.1, 0.15) is 17.1 Å². The largest absolute Gasteiger partial charge is 0.505 e. The van der Waals surface area contributed by atoms with Gasteiger partial charge >= 0.3 is 5.97 Å². The highest BCUT2D eigenvalue weighted by Crippen LogP contribution is 2.29. The fourth-order valence-corrected chi connectivity index (χ4v) is 2.41. The molecule has 1 amide bonds. The molecule has 0 aliphatic carbocycles. The molecule has 2 aromatic carbocycles. The lowest BCUT2D eigenvalue weighted by molar-refractivity contribution is -0.122. The van der Waals surface area contributed by atoms with Gasteiger partial charge in [-0.25, -0.2) is 9.18 Å². The van der Waals surface area contributed by atoms with Gasteiger partial charge in [0.05, 0.1) is 17.3 Å². The Labute approximate surface area is 151 Å². The molecule has 8 heteroatoms. The Hall–Kier alpha value is -2.61. The Morgan fingerprint density at radius 2 is 2.00 bits per heavy atom. The summed E-state index contributed by atoms with van der Waals surface area (Å²) in [6, 6.07) is 8.09. The van der Waals surface area contributed by atoms with Gasteiger partial charge in [0.2, 0.25) is 0 Å². The molecule has 0 aliphatic rings. The van der Waals surface area contributed by atoms with Crippen molar-refractivity contribution < 1.29 is 28.6 Å². The van der Waals surface area contributed by atoms with Gasteiger partial charge in [-0.05, 0) is 53.2 Å². The number of methoxy groups -OCH3 is 1. The first-order valence-corrected chi connectivity index (χ1v) is 7.95. The number of carbonyl (C=O) groups excluding carboxylic acids is 2. The monoisotopic (exact) mass is 411 g/mol. The number of benzene rings is 2. The number of hydrogen-bond donors (Lipinski definition) is 2. The molecule has 0 spiro atoms. The minimum absolute atomic E-state index is 0.0431. The number of esters is 1. The Morgan fingerprint density at radius 1 is 1.28 bits per heavy atom. The van der Waals surface area contributed by atoms with Crippen LogP contribution in [0.3, 0.4) is 0 Å². The Bertz CT molecular complexity index is 812. The fourth-order valence-electron chi connectivity index (χ4n) is 1.97. The zero-order valence-electron chi connectivity index (χ0n) is 13.4. The average Bonchev–Trinajstić information content (AvgIpc) is 2.58. The second-order valence-corrected chi connectivity index (χ2v) is 5.87. The normalized spacial score (nSPS) is 11.5. The molecule has 0 saturated carbocycles. The van der Waals surface area contributed by atoms with E-state index < -0.39 is 29.5 Å². The number of aromatic hydroxyl groups is 1. The van der Waals surface area contributed by atoms with Crippen LogP contribution in [0.1, 0.15) is 17.3 Å². The molecular formula is C17H15BrFNO5. The molecule has 1 unspecified atom stereocenters. The van der Waals surface area contributed by atoms with E-state index in [0.29, 0.717) is 4.47 Å². The summed E-state index contributed by atoms with van der Waals surface area (Å²) >= 11 is 3.15. The third-order valence-electron chi connectivity index (χ3n) is 3.27. The molecule has 0 heterocycles. The standard InChI is InChI=1S/C17H15BrFNO5/c1-9(25-14-7-6-10(19)8-12(14)18)16(22)20-13-5-3-4-11(15(13)21)17(23)24-2/h3-9,21H,1-2H3,(H,20,22). The lowest BCUT2D eigenvalue weighted by Gasteiger charge is -2.16. The van der Waals surface area contributed by atoms with E-state index >= 15 is 0 Å². The van der Waals surface area contributed by atoms with Crippen LogP contribution in [0.2, 0.25) is 0 Å². The lowest BCUT2D eigenvalue weighted by Crippen LogP contribution is -2.30. The molecule has 132 valence electrons. The number of para-hydroxylation sites is 1. The molecule has 0 aliphatic heterocycles. The first-order chi connectivity index (χ1) is 11.8. The minimum Gasteiger partial charge on any atom is -0.505 e. The van der Waals surface area contributed by atoms with E-state index in [1.807, 2.05) is 0 Å². The van der Waals surface area contributed by atoms with E-state index in [-0.39, 0.29) is 17.0 Å². The van der Waals surface area contributed by atoms with Crippen LogP contribution in [-0.2, 0) is 9.53 Å². The van der Waals surface area contributed by atoms with Crippen molar-refractivity contribution in [2.45, 2.75) is 13.0 Å². The highest BCUT2D eigenvalue weighted by Gasteiger charge is 2.20. The van der Waals surface area contributed by atoms with E-state index in [9.17, 15) is 19.1 Å². The van der Waals surface area contributed by atoms with Crippen molar-refractivity contribution in [2.75, 3.05) is 12.4 Å². The zero-order chi connectivity index (χ0) is 18.6. The van der Waals surface area contributed by atoms with Crippen molar-refractivity contribution in [1.82, 2.24) is 0 Å². The summed E-state index contributed by atoms with van der Waals surface area (Å²) in [6.45, 7) is 1.49. The second-order valence-electron chi connectivity index (χ2n) is 5.02. The third-order valence-corrected chi connectivity index (χ3v) is 3.89. The predicted molar refractivity (Wildman–Crippen MR) is 92.3 cm³/mol. The van der Waals surface area contributed by atoms with Crippen LogP contribution in [0.5, 0.6) is 11.5 Å². The summed E-state index contributed by atoms with van der Waals surface area (Å²) in [5, 5.41) is 12.5. The fraction of sp³-hybridized carbons (Fsp3) is 0.176. The van der Waals surface area contributed by atoms with Crippen molar-refractivity contribution >= 4 is 33.5 Å². The topological polar surface area (TPSA) is 84.9 Å². The number of ether oxygens (including phenoxy) is 2. The van der Waals surface area contributed by atoms with Crippen LogP contribution >= 0.6 is 15.9 Å². The predicted octanol–water partition coefficient (Wildman–Crippen LogP) is 3.49. The molecule has 0 radical (unpaired) electrons.